The summed E-state index contributed by atoms with van der Waals surface area (Å²) in [5, 5.41) is 6.66. The van der Waals surface area contributed by atoms with E-state index in [1.165, 1.54) is 18.4 Å². The molecular weight excluding hydrogens is 212 g/mol. The third-order valence-electron chi connectivity index (χ3n) is 2.66. The molecule has 1 fully saturated rings. The van der Waals surface area contributed by atoms with Crippen molar-refractivity contribution in [1.82, 2.24) is 15.6 Å². The highest BCUT2D eigenvalue weighted by Crippen LogP contribution is 2.18. The zero-order valence-corrected chi connectivity index (χ0v) is 10.3. The fourth-order valence-electron chi connectivity index (χ4n) is 1.58. The van der Waals surface area contributed by atoms with Crippen molar-refractivity contribution in [3.63, 3.8) is 0 Å². The topological polar surface area (TPSA) is 49.3 Å². The maximum absolute atomic E-state index is 4.56. The van der Waals surface area contributed by atoms with Crippen LogP contribution in [-0.4, -0.2) is 30.1 Å². The van der Waals surface area contributed by atoms with Crippen LogP contribution in [0.4, 0.5) is 0 Å². The lowest BCUT2D eigenvalue weighted by molar-refractivity contribution is 0.807. The number of hydrogen-bond donors (Lipinski definition) is 2. The first-order valence-corrected chi connectivity index (χ1v) is 6.32. The molecule has 1 aliphatic rings. The molecule has 0 bridgehead atoms. The van der Waals surface area contributed by atoms with Crippen LogP contribution in [0.3, 0.4) is 0 Å². The van der Waals surface area contributed by atoms with Gasteiger partial charge in [-0.25, -0.2) is 0 Å². The molecule has 0 amide bonds. The van der Waals surface area contributed by atoms with Crippen LogP contribution in [0.1, 0.15) is 25.3 Å². The number of hydrogen-bond acceptors (Lipinski definition) is 2. The number of pyridine rings is 1. The Kier molecular flexibility index (Phi) is 4.36. The van der Waals surface area contributed by atoms with Gasteiger partial charge in [-0.3, -0.25) is 9.98 Å². The summed E-state index contributed by atoms with van der Waals surface area (Å²) in [6.45, 7) is 3.80. The first-order chi connectivity index (χ1) is 8.38. The van der Waals surface area contributed by atoms with Crippen molar-refractivity contribution in [1.29, 1.82) is 0 Å². The van der Waals surface area contributed by atoms with Gasteiger partial charge in [0.15, 0.2) is 5.96 Å². The van der Waals surface area contributed by atoms with Gasteiger partial charge in [0, 0.05) is 31.5 Å². The second-order valence-electron chi connectivity index (χ2n) is 4.29. The van der Waals surface area contributed by atoms with Crippen molar-refractivity contribution in [2.45, 2.75) is 32.2 Å². The van der Waals surface area contributed by atoms with Crippen LogP contribution >= 0.6 is 0 Å². The molecule has 2 N–H and O–H groups in total. The van der Waals surface area contributed by atoms with E-state index in [4.69, 9.17) is 0 Å². The van der Waals surface area contributed by atoms with Crippen molar-refractivity contribution >= 4 is 5.96 Å². The normalized spacial score (nSPS) is 15.7. The first-order valence-electron chi connectivity index (χ1n) is 6.32. The smallest absolute Gasteiger partial charge is 0.191 e. The van der Waals surface area contributed by atoms with Crippen LogP contribution in [0.25, 0.3) is 0 Å². The Balaban J connectivity index is 1.79. The fourth-order valence-corrected chi connectivity index (χ4v) is 1.58. The van der Waals surface area contributed by atoms with E-state index >= 15 is 0 Å². The third-order valence-corrected chi connectivity index (χ3v) is 2.66. The molecule has 0 saturated heterocycles. The van der Waals surface area contributed by atoms with E-state index in [0.29, 0.717) is 6.04 Å². The summed E-state index contributed by atoms with van der Waals surface area (Å²) in [4.78, 5) is 8.65. The minimum absolute atomic E-state index is 0.645. The minimum atomic E-state index is 0.645. The molecule has 4 nitrogen and oxygen atoms in total. The van der Waals surface area contributed by atoms with Gasteiger partial charge in [-0.15, -0.1) is 0 Å². The molecule has 4 heteroatoms. The molecule has 0 unspecified atom stereocenters. The molecule has 1 saturated carbocycles. The van der Waals surface area contributed by atoms with Gasteiger partial charge >= 0.3 is 0 Å². The predicted molar refractivity (Wildman–Crippen MR) is 70.1 cm³/mol. The number of aliphatic imine (C=N–C) groups is 1. The van der Waals surface area contributed by atoms with Crippen LogP contribution in [0.5, 0.6) is 0 Å². The van der Waals surface area contributed by atoms with Crippen molar-refractivity contribution in [2.75, 3.05) is 13.1 Å². The Morgan fingerprint density at radius 2 is 2.41 bits per heavy atom. The van der Waals surface area contributed by atoms with E-state index in [1.54, 1.807) is 6.20 Å². The van der Waals surface area contributed by atoms with E-state index in [9.17, 15) is 0 Å². The van der Waals surface area contributed by atoms with Crippen molar-refractivity contribution < 1.29 is 0 Å². The summed E-state index contributed by atoms with van der Waals surface area (Å²) < 4.78 is 0. The molecule has 2 rings (SSSR count). The lowest BCUT2D eigenvalue weighted by atomic mass is 10.2. The number of rotatable bonds is 5. The van der Waals surface area contributed by atoms with Crippen LogP contribution in [0, 0.1) is 0 Å². The predicted octanol–water partition coefficient (Wildman–Crippen LogP) is 1.34. The second kappa shape index (κ2) is 6.23. The SMILES string of the molecule is CCNC(=NCCc1cccnc1)NC1CC1. The number of nitrogens with zero attached hydrogens (tertiary/aromatic N) is 2. The highest BCUT2D eigenvalue weighted by atomic mass is 15.2. The van der Waals surface area contributed by atoms with Gasteiger partial charge in [0.2, 0.25) is 0 Å². The van der Waals surface area contributed by atoms with E-state index in [0.717, 1.165) is 25.5 Å². The van der Waals surface area contributed by atoms with E-state index < -0.39 is 0 Å². The summed E-state index contributed by atoms with van der Waals surface area (Å²) in [6.07, 6.45) is 7.18. The monoisotopic (exact) mass is 232 g/mol. The minimum Gasteiger partial charge on any atom is -0.357 e. The highest BCUT2D eigenvalue weighted by Gasteiger charge is 2.21. The van der Waals surface area contributed by atoms with E-state index in [-0.39, 0.29) is 0 Å². The van der Waals surface area contributed by atoms with Gasteiger partial charge in [0.25, 0.3) is 0 Å². The summed E-state index contributed by atoms with van der Waals surface area (Å²) in [5.74, 6) is 0.943. The molecule has 0 radical (unpaired) electrons. The molecule has 0 atom stereocenters. The number of guanidine groups is 1. The Bertz CT molecular complexity index is 357. The standard InChI is InChI=1S/C13H20N4/c1-2-15-13(17-12-5-6-12)16-9-7-11-4-3-8-14-10-11/h3-4,8,10,12H,2,5-7,9H2,1H3,(H2,15,16,17). The maximum Gasteiger partial charge on any atom is 0.191 e. The Hall–Kier alpha value is -1.58. The highest BCUT2D eigenvalue weighted by molar-refractivity contribution is 5.80. The van der Waals surface area contributed by atoms with Gasteiger partial charge in [0.1, 0.15) is 0 Å². The molecule has 92 valence electrons. The average molecular weight is 232 g/mol. The molecule has 0 aromatic carbocycles. The molecule has 0 aliphatic heterocycles. The summed E-state index contributed by atoms with van der Waals surface area (Å²) in [7, 11) is 0. The summed E-state index contributed by atoms with van der Waals surface area (Å²) in [5.41, 5.74) is 1.23. The third kappa shape index (κ3) is 4.43. The van der Waals surface area contributed by atoms with Crippen LogP contribution in [0.15, 0.2) is 29.5 Å². The van der Waals surface area contributed by atoms with Crippen molar-refractivity contribution in [3.8, 4) is 0 Å². The molecule has 1 aliphatic carbocycles. The largest absolute Gasteiger partial charge is 0.357 e. The fraction of sp³-hybridized carbons (Fsp3) is 0.538. The van der Waals surface area contributed by atoms with E-state index in [2.05, 4.69) is 33.6 Å². The quantitative estimate of drug-likeness (QED) is 0.595. The Morgan fingerprint density at radius 1 is 1.53 bits per heavy atom. The average Bonchev–Trinajstić information content (AvgIpc) is 3.15. The lowest BCUT2D eigenvalue weighted by Crippen LogP contribution is -2.38. The summed E-state index contributed by atoms with van der Waals surface area (Å²) in [6, 6.07) is 4.70. The molecule has 1 heterocycles. The summed E-state index contributed by atoms with van der Waals surface area (Å²) >= 11 is 0. The lowest BCUT2D eigenvalue weighted by Gasteiger charge is -2.09. The van der Waals surface area contributed by atoms with Gasteiger partial charge < -0.3 is 10.6 Å². The number of nitrogens with one attached hydrogen (secondary N) is 2. The Labute approximate surface area is 103 Å². The van der Waals surface area contributed by atoms with Crippen LogP contribution < -0.4 is 10.6 Å². The van der Waals surface area contributed by atoms with Gasteiger partial charge in [-0.1, -0.05) is 6.07 Å². The second-order valence-corrected chi connectivity index (χ2v) is 4.29. The van der Waals surface area contributed by atoms with Crippen LogP contribution in [0.2, 0.25) is 0 Å². The van der Waals surface area contributed by atoms with Crippen molar-refractivity contribution in [2.24, 2.45) is 4.99 Å². The van der Waals surface area contributed by atoms with E-state index in [1.807, 2.05) is 12.3 Å². The van der Waals surface area contributed by atoms with Crippen LogP contribution in [-0.2, 0) is 6.42 Å². The first kappa shape index (κ1) is 11.9. The molecule has 17 heavy (non-hydrogen) atoms. The molecule has 1 aromatic rings. The maximum atomic E-state index is 4.56. The molecular formula is C13H20N4. The van der Waals surface area contributed by atoms with Crippen molar-refractivity contribution in [3.05, 3.63) is 30.1 Å². The zero-order valence-electron chi connectivity index (χ0n) is 10.3. The molecule has 0 spiro atoms. The number of aromatic nitrogens is 1. The van der Waals surface area contributed by atoms with Gasteiger partial charge in [0.05, 0.1) is 0 Å². The van der Waals surface area contributed by atoms with Gasteiger partial charge in [-0.05, 0) is 37.8 Å². The zero-order chi connectivity index (χ0) is 11.9. The Morgan fingerprint density at radius 3 is 3.06 bits per heavy atom. The van der Waals surface area contributed by atoms with Gasteiger partial charge in [-0.2, -0.15) is 0 Å². The molecule has 1 aromatic heterocycles.